The highest BCUT2D eigenvalue weighted by Gasteiger charge is 2.12. The lowest BCUT2D eigenvalue weighted by molar-refractivity contribution is 0.588. The number of benzene rings is 1. The first-order chi connectivity index (χ1) is 6.48. The maximum Gasteiger partial charge on any atom is 0.109 e. The number of hydrogen-bond donors (Lipinski definition) is 2. The zero-order chi connectivity index (χ0) is 10.3. The first-order valence-electron chi connectivity index (χ1n) is 4.40. The molecule has 0 saturated heterocycles. The molecule has 0 saturated carbocycles. The minimum Gasteiger partial charge on any atom is -0.397 e. The molecule has 3 nitrogen and oxygen atoms in total. The molecule has 14 heavy (non-hydrogen) atoms. The molecule has 0 aliphatic rings. The third-order valence-corrected chi connectivity index (χ3v) is 3.84. The van der Waals surface area contributed by atoms with E-state index in [4.69, 9.17) is 5.73 Å². The van der Waals surface area contributed by atoms with E-state index in [1.807, 2.05) is 18.2 Å². The van der Waals surface area contributed by atoms with Crippen LogP contribution in [0.15, 0.2) is 24.4 Å². The van der Waals surface area contributed by atoms with Gasteiger partial charge in [-0.05, 0) is 31.5 Å². The molecule has 2 rings (SSSR count). The van der Waals surface area contributed by atoms with Crippen molar-refractivity contribution in [3.05, 3.63) is 24.4 Å². The summed E-state index contributed by atoms with van der Waals surface area (Å²) in [5, 5.41) is 1.82. The molecule has 3 N–H and O–H groups in total. The average molecular weight is 208 g/mol. The summed E-state index contributed by atoms with van der Waals surface area (Å²) in [4.78, 5) is 3.05. The van der Waals surface area contributed by atoms with E-state index in [-0.39, 0.29) is 0 Å². The van der Waals surface area contributed by atoms with E-state index in [1.165, 1.54) is 0 Å². The van der Waals surface area contributed by atoms with Gasteiger partial charge in [0.1, 0.15) is 7.14 Å². The summed E-state index contributed by atoms with van der Waals surface area (Å²) in [7, 11) is -2.19. The maximum absolute atomic E-state index is 11.8. The van der Waals surface area contributed by atoms with E-state index in [2.05, 4.69) is 4.98 Å². The fourth-order valence-electron chi connectivity index (χ4n) is 1.47. The topological polar surface area (TPSA) is 58.9 Å². The van der Waals surface area contributed by atoms with E-state index < -0.39 is 7.14 Å². The Morgan fingerprint density at radius 1 is 1.36 bits per heavy atom. The van der Waals surface area contributed by atoms with Crippen LogP contribution in [0.2, 0.25) is 0 Å². The summed E-state index contributed by atoms with van der Waals surface area (Å²) >= 11 is 0. The Morgan fingerprint density at radius 3 is 2.71 bits per heavy atom. The van der Waals surface area contributed by atoms with Crippen LogP contribution in [-0.4, -0.2) is 18.3 Å². The van der Waals surface area contributed by atoms with Crippen molar-refractivity contribution >= 4 is 29.0 Å². The van der Waals surface area contributed by atoms with E-state index >= 15 is 0 Å². The van der Waals surface area contributed by atoms with Gasteiger partial charge in [-0.2, -0.15) is 0 Å². The van der Waals surface area contributed by atoms with Crippen LogP contribution in [0.25, 0.3) is 10.9 Å². The second-order valence-corrected chi connectivity index (χ2v) is 7.04. The molecule has 74 valence electrons. The van der Waals surface area contributed by atoms with Crippen molar-refractivity contribution in [3.63, 3.8) is 0 Å². The smallest absolute Gasteiger partial charge is 0.109 e. The lowest BCUT2D eigenvalue weighted by Crippen LogP contribution is -2.01. The fourth-order valence-corrected chi connectivity index (χ4v) is 2.34. The molecule has 2 aromatic rings. The predicted molar refractivity (Wildman–Crippen MR) is 61.8 cm³/mol. The van der Waals surface area contributed by atoms with Crippen LogP contribution in [-0.2, 0) is 4.57 Å². The molecule has 0 unspecified atom stereocenters. The standard InChI is InChI=1S/C10H13N2OP/c1-14(2,13)7-3-4-10-8(5-7)9(11)6-12-10/h3-6,12H,11H2,1-2H3. The summed E-state index contributed by atoms with van der Waals surface area (Å²) in [6, 6.07) is 5.71. The number of nitrogens with one attached hydrogen (secondary N) is 1. The Hall–Kier alpha value is -1.21. The summed E-state index contributed by atoms with van der Waals surface area (Å²) < 4.78 is 11.8. The molecule has 1 aromatic carbocycles. The van der Waals surface area contributed by atoms with Gasteiger partial charge in [-0.3, -0.25) is 0 Å². The predicted octanol–water partition coefficient (Wildman–Crippen LogP) is 2.00. The summed E-state index contributed by atoms with van der Waals surface area (Å²) in [6.07, 6.45) is 1.75. The fraction of sp³-hybridized carbons (Fsp3) is 0.200. The summed E-state index contributed by atoms with van der Waals surface area (Å²) in [5.74, 6) is 0. The van der Waals surface area contributed by atoms with E-state index in [0.717, 1.165) is 16.2 Å². The highest BCUT2D eigenvalue weighted by molar-refractivity contribution is 7.70. The van der Waals surface area contributed by atoms with Crippen molar-refractivity contribution in [3.8, 4) is 0 Å². The van der Waals surface area contributed by atoms with Gasteiger partial charge in [-0.25, -0.2) is 0 Å². The zero-order valence-electron chi connectivity index (χ0n) is 8.24. The van der Waals surface area contributed by atoms with E-state index in [1.54, 1.807) is 19.5 Å². The molecule has 1 aromatic heterocycles. The Morgan fingerprint density at radius 2 is 2.07 bits per heavy atom. The molecule has 0 radical (unpaired) electrons. The van der Waals surface area contributed by atoms with Gasteiger partial charge in [0, 0.05) is 22.4 Å². The normalized spacial score (nSPS) is 12.1. The second-order valence-electron chi connectivity index (χ2n) is 3.82. The lowest BCUT2D eigenvalue weighted by atomic mass is 10.2. The van der Waals surface area contributed by atoms with Crippen molar-refractivity contribution < 1.29 is 4.57 Å². The van der Waals surface area contributed by atoms with Crippen molar-refractivity contribution in [2.24, 2.45) is 0 Å². The second kappa shape index (κ2) is 2.89. The molecule has 0 spiro atoms. The largest absolute Gasteiger partial charge is 0.397 e. The molecule has 0 amide bonds. The molecule has 4 heteroatoms. The molecule has 0 fully saturated rings. The molecule has 0 bridgehead atoms. The first-order valence-corrected chi connectivity index (χ1v) is 7.01. The van der Waals surface area contributed by atoms with Gasteiger partial charge in [0.25, 0.3) is 0 Å². The van der Waals surface area contributed by atoms with E-state index in [9.17, 15) is 4.57 Å². The number of nitrogen functional groups attached to an aromatic ring is 1. The van der Waals surface area contributed by atoms with Gasteiger partial charge in [0.15, 0.2) is 0 Å². The zero-order valence-corrected chi connectivity index (χ0v) is 9.14. The Bertz CT molecular complexity index is 524. The first kappa shape index (κ1) is 9.35. The number of fused-ring (bicyclic) bond motifs is 1. The highest BCUT2D eigenvalue weighted by Crippen LogP contribution is 2.35. The third-order valence-electron chi connectivity index (χ3n) is 2.32. The number of rotatable bonds is 1. The SMILES string of the molecule is CP(C)(=O)c1ccc2[nH]cc(N)c2c1. The van der Waals surface area contributed by atoms with Gasteiger partial charge < -0.3 is 15.3 Å². The Labute approximate surface area is 82.7 Å². The average Bonchev–Trinajstić information content (AvgIpc) is 2.46. The summed E-state index contributed by atoms with van der Waals surface area (Å²) in [5.41, 5.74) is 7.46. The number of aromatic nitrogens is 1. The number of H-pyrrole nitrogens is 1. The van der Waals surface area contributed by atoms with Gasteiger partial charge in [-0.15, -0.1) is 0 Å². The molecule has 1 heterocycles. The molecule has 0 aliphatic heterocycles. The van der Waals surface area contributed by atoms with Crippen molar-refractivity contribution in [2.75, 3.05) is 19.1 Å². The van der Waals surface area contributed by atoms with Crippen LogP contribution in [0.4, 0.5) is 5.69 Å². The highest BCUT2D eigenvalue weighted by atomic mass is 31.2. The van der Waals surface area contributed by atoms with Crippen LogP contribution in [0.1, 0.15) is 0 Å². The van der Waals surface area contributed by atoms with Crippen molar-refractivity contribution in [1.82, 2.24) is 4.98 Å². The Kier molecular flexibility index (Phi) is 1.93. The van der Waals surface area contributed by atoms with Gasteiger partial charge in [0.2, 0.25) is 0 Å². The molecule has 0 atom stereocenters. The maximum atomic E-state index is 11.8. The van der Waals surface area contributed by atoms with Crippen molar-refractivity contribution in [1.29, 1.82) is 0 Å². The van der Waals surface area contributed by atoms with Gasteiger partial charge in [0.05, 0.1) is 5.69 Å². The minimum atomic E-state index is -2.19. The quantitative estimate of drug-likeness (QED) is 0.704. The van der Waals surface area contributed by atoms with Crippen LogP contribution in [0.3, 0.4) is 0 Å². The molecular formula is C10H13N2OP. The van der Waals surface area contributed by atoms with Crippen molar-refractivity contribution in [2.45, 2.75) is 0 Å². The van der Waals surface area contributed by atoms with Gasteiger partial charge >= 0.3 is 0 Å². The van der Waals surface area contributed by atoms with Crippen LogP contribution >= 0.6 is 7.14 Å². The van der Waals surface area contributed by atoms with Crippen LogP contribution in [0, 0.1) is 0 Å². The molecule has 0 aliphatic carbocycles. The summed E-state index contributed by atoms with van der Waals surface area (Å²) in [6.45, 7) is 3.52. The van der Waals surface area contributed by atoms with Crippen LogP contribution < -0.4 is 11.0 Å². The number of anilines is 1. The third kappa shape index (κ3) is 1.44. The van der Waals surface area contributed by atoms with E-state index in [0.29, 0.717) is 5.69 Å². The number of aromatic amines is 1. The van der Waals surface area contributed by atoms with Gasteiger partial charge in [-0.1, -0.05) is 0 Å². The Balaban J connectivity index is 2.72. The number of hydrogen-bond acceptors (Lipinski definition) is 2. The lowest BCUT2D eigenvalue weighted by Gasteiger charge is -2.06. The monoisotopic (exact) mass is 208 g/mol. The van der Waals surface area contributed by atoms with Crippen LogP contribution in [0.5, 0.6) is 0 Å². The molecular weight excluding hydrogens is 195 g/mol. The number of nitrogens with two attached hydrogens (primary N) is 1. The minimum absolute atomic E-state index is 0.704.